The molecular weight excluding hydrogens is 384 g/mol. The molecule has 0 saturated carbocycles. The summed E-state index contributed by atoms with van der Waals surface area (Å²) >= 11 is 0. The number of carbonyl (C=O) groups is 1. The molecule has 4 heteroatoms. The zero-order chi connectivity index (χ0) is 21.6. The molecule has 1 atom stereocenters. The van der Waals surface area contributed by atoms with E-state index in [-0.39, 0.29) is 11.9 Å². The third-order valence-corrected chi connectivity index (χ3v) is 6.13. The fourth-order valence-corrected chi connectivity index (χ4v) is 4.19. The molecule has 0 amide bonds. The molecule has 0 N–H and O–H groups in total. The first-order chi connectivity index (χ1) is 15.1. The number of rotatable bonds is 6. The number of benzene rings is 3. The van der Waals surface area contributed by atoms with Crippen molar-refractivity contribution in [2.75, 3.05) is 45.2 Å². The maximum atomic E-state index is 12.6. The van der Waals surface area contributed by atoms with Crippen LogP contribution in [0.15, 0.2) is 78.9 Å². The van der Waals surface area contributed by atoms with Crippen LogP contribution in [0.4, 0.5) is 5.69 Å². The second kappa shape index (κ2) is 9.80. The number of hydrogen-bond donors (Lipinski definition) is 0. The number of ether oxygens (including phenoxy) is 1. The normalized spacial score (nSPS) is 15.5. The molecule has 4 rings (SSSR count). The lowest BCUT2D eigenvalue weighted by Crippen LogP contribution is -2.44. The van der Waals surface area contributed by atoms with E-state index >= 15 is 0 Å². The summed E-state index contributed by atoms with van der Waals surface area (Å²) in [5.41, 5.74) is 5.65. The fraction of sp³-hybridized carbons (Fsp3) is 0.296. The van der Waals surface area contributed by atoms with E-state index in [9.17, 15) is 4.79 Å². The molecule has 1 aliphatic rings. The van der Waals surface area contributed by atoms with Gasteiger partial charge in [-0.3, -0.25) is 4.79 Å². The van der Waals surface area contributed by atoms with Gasteiger partial charge in [0.15, 0.2) is 0 Å². The highest BCUT2D eigenvalue weighted by Crippen LogP contribution is 2.29. The summed E-state index contributed by atoms with van der Waals surface area (Å²) in [5.74, 6) is -0.525. The average molecular weight is 415 g/mol. The zero-order valence-corrected chi connectivity index (χ0v) is 18.3. The van der Waals surface area contributed by atoms with Crippen molar-refractivity contribution in [3.05, 3.63) is 90.0 Å². The van der Waals surface area contributed by atoms with Gasteiger partial charge in [-0.25, -0.2) is 0 Å². The molecule has 0 aliphatic carbocycles. The molecule has 160 valence electrons. The van der Waals surface area contributed by atoms with Gasteiger partial charge in [0.05, 0.1) is 13.0 Å². The first-order valence-electron chi connectivity index (χ1n) is 10.9. The summed E-state index contributed by atoms with van der Waals surface area (Å²) < 4.78 is 5.13. The summed E-state index contributed by atoms with van der Waals surface area (Å²) in [7, 11) is 3.63. The molecule has 0 aromatic heterocycles. The number of hydrogen-bond acceptors (Lipinski definition) is 4. The van der Waals surface area contributed by atoms with Crippen molar-refractivity contribution >= 4 is 11.7 Å². The SMILES string of the molecule is COC(=O)C(Cc1ccccc1)c1cccc(-c2ccc(N3CCN(C)CC3)cc2)c1. The van der Waals surface area contributed by atoms with Crippen LogP contribution >= 0.6 is 0 Å². The number of esters is 1. The van der Waals surface area contributed by atoms with Gasteiger partial charge in [-0.2, -0.15) is 0 Å². The minimum absolute atomic E-state index is 0.202. The van der Waals surface area contributed by atoms with Gasteiger partial charge in [0.25, 0.3) is 0 Å². The van der Waals surface area contributed by atoms with Crippen LogP contribution in [0.5, 0.6) is 0 Å². The smallest absolute Gasteiger partial charge is 0.313 e. The molecule has 3 aromatic carbocycles. The third kappa shape index (κ3) is 5.15. The lowest BCUT2D eigenvalue weighted by Gasteiger charge is -2.34. The molecule has 0 bridgehead atoms. The molecule has 1 aliphatic heterocycles. The quantitative estimate of drug-likeness (QED) is 0.552. The van der Waals surface area contributed by atoms with Gasteiger partial charge in [0.2, 0.25) is 0 Å². The summed E-state index contributed by atoms with van der Waals surface area (Å²) in [6.45, 7) is 4.32. The Bertz CT molecular complexity index is 993. The first kappa shape index (κ1) is 21.1. The Morgan fingerprint density at radius 1 is 0.871 bits per heavy atom. The topological polar surface area (TPSA) is 32.8 Å². The molecular formula is C27H30N2O2. The lowest BCUT2D eigenvalue weighted by atomic mass is 9.90. The first-order valence-corrected chi connectivity index (χ1v) is 10.9. The maximum Gasteiger partial charge on any atom is 0.313 e. The number of anilines is 1. The van der Waals surface area contributed by atoms with E-state index in [0.717, 1.165) is 48.4 Å². The molecule has 31 heavy (non-hydrogen) atoms. The van der Waals surface area contributed by atoms with Crippen LogP contribution in [0.1, 0.15) is 17.0 Å². The van der Waals surface area contributed by atoms with Gasteiger partial charge in [-0.15, -0.1) is 0 Å². The largest absolute Gasteiger partial charge is 0.469 e. The van der Waals surface area contributed by atoms with Gasteiger partial charge >= 0.3 is 5.97 Å². The van der Waals surface area contributed by atoms with E-state index in [2.05, 4.69) is 65.4 Å². The van der Waals surface area contributed by atoms with Crippen molar-refractivity contribution in [3.63, 3.8) is 0 Å². The Kier molecular flexibility index (Phi) is 6.68. The molecule has 1 saturated heterocycles. The summed E-state index contributed by atoms with van der Waals surface area (Å²) in [4.78, 5) is 17.4. The summed E-state index contributed by atoms with van der Waals surface area (Å²) in [6.07, 6.45) is 0.624. The molecule has 3 aromatic rings. The number of methoxy groups -OCH3 is 1. The van der Waals surface area contributed by atoms with E-state index in [1.807, 2.05) is 30.3 Å². The van der Waals surface area contributed by atoms with Crippen molar-refractivity contribution in [2.45, 2.75) is 12.3 Å². The molecule has 1 heterocycles. The highest BCUT2D eigenvalue weighted by atomic mass is 16.5. The summed E-state index contributed by atoms with van der Waals surface area (Å²) in [6, 6.07) is 27.1. The van der Waals surface area contributed by atoms with Crippen molar-refractivity contribution in [2.24, 2.45) is 0 Å². The van der Waals surface area contributed by atoms with Crippen LogP contribution < -0.4 is 4.90 Å². The van der Waals surface area contributed by atoms with E-state index < -0.39 is 0 Å². The van der Waals surface area contributed by atoms with Gasteiger partial charge in [-0.1, -0.05) is 66.7 Å². The number of likely N-dealkylation sites (N-methyl/N-ethyl adjacent to an activating group) is 1. The minimum atomic E-state index is -0.322. The molecule has 1 fully saturated rings. The van der Waals surface area contributed by atoms with Crippen LogP contribution in [0, 0.1) is 0 Å². The minimum Gasteiger partial charge on any atom is -0.469 e. The Labute approximate surface area is 185 Å². The van der Waals surface area contributed by atoms with Gasteiger partial charge in [0, 0.05) is 31.9 Å². The highest BCUT2D eigenvalue weighted by Gasteiger charge is 2.22. The van der Waals surface area contributed by atoms with Gasteiger partial charge < -0.3 is 14.5 Å². The van der Waals surface area contributed by atoms with Crippen LogP contribution in [-0.4, -0.2) is 51.2 Å². The van der Waals surface area contributed by atoms with Crippen LogP contribution in [0.25, 0.3) is 11.1 Å². The lowest BCUT2D eigenvalue weighted by molar-refractivity contribution is -0.142. The third-order valence-electron chi connectivity index (χ3n) is 6.13. The standard InChI is InChI=1S/C27H30N2O2/c1-28-15-17-29(18-16-28)25-13-11-22(12-14-25)23-9-6-10-24(20-23)26(27(30)31-2)19-21-7-4-3-5-8-21/h3-14,20,26H,15-19H2,1-2H3. The fourth-order valence-electron chi connectivity index (χ4n) is 4.19. The Hall–Kier alpha value is -3.11. The van der Waals surface area contributed by atoms with Crippen molar-refractivity contribution < 1.29 is 9.53 Å². The van der Waals surface area contributed by atoms with E-state index in [1.165, 1.54) is 12.8 Å². The van der Waals surface area contributed by atoms with Gasteiger partial charge in [0.1, 0.15) is 0 Å². The Morgan fingerprint density at radius 3 is 2.26 bits per heavy atom. The van der Waals surface area contributed by atoms with Gasteiger partial charge in [-0.05, 0) is 47.9 Å². The predicted molar refractivity (Wildman–Crippen MR) is 126 cm³/mol. The Balaban J connectivity index is 1.55. The maximum absolute atomic E-state index is 12.6. The number of nitrogens with zero attached hydrogens (tertiary/aromatic N) is 2. The van der Waals surface area contributed by atoms with Crippen molar-refractivity contribution in [1.82, 2.24) is 4.90 Å². The number of piperazine rings is 1. The van der Waals surface area contributed by atoms with Crippen molar-refractivity contribution in [3.8, 4) is 11.1 Å². The molecule has 0 radical (unpaired) electrons. The second-order valence-corrected chi connectivity index (χ2v) is 8.23. The average Bonchev–Trinajstić information content (AvgIpc) is 2.83. The molecule has 4 nitrogen and oxygen atoms in total. The molecule has 0 spiro atoms. The Morgan fingerprint density at radius 2 is 1.58 bits per heavy atom. The zero-order valence-electron chi connectivity index (χ0n) is 18.3. The van der Waals surface area contributed by atoms with E-state index in [4.69, 9.17) is 4.74 Å². The highest BCUT2D eigenvalue weighted by molar-refractivity contribution is 5.79. The second-order valence-electron chi connectivity index (χ2n) is 8.23. The molecule has 1 unspecified atom stereocenters. The predicted octanol–water partition coefficient (Wildman–Crippen LogP) is 4.60. The van der Waals surface area contributed by atoms with Crippen LogP contribution in [0.2, 0.25) is 0 Å². The monoisotopic (exact) mass is 414 g/mol. The van der Waals surface area contributed by atoms with Crippen LogP contribution in [0.3, 0.4) is 0 Å². The van der Waals surface area contributed by atoms with Crippen molar-refractivity contribution in [1.29, 1.82) is 0 Å². The summed E-state index contributed by atoms with van der Waals surface area (Å²) in [5, 5.41) is 0. The van der Waals surface area contributed by atoms with Crippen LogP contribution in [-0.2, 0) is 16.0 Å². The van der Waals surface area contributed by atoms with E-state index in [1.54, 1.807) is 0 Å². The van der Waals surface area contributed by atoms with E-state index in [0.29, 0.717) is 6.42 Å². The number of carbonyl (C=O) groups excluding carboxylic acids is 1.